The second-order valence-corrected chi connectivity index (χ2v) is 6.91. The highest BCUT2D eigenvalue weighted by molar-refractivity contribution is 5.73. The van der Waals surface area contributed by atoms with Gasteiger partial charge in [0.25, 0.3) is 0 Å². The van der Waals surface area contributed by atoms with Crippen molar-refractivity contribution in [1.29, 1.82) is 0 Å². The van der Waals surface area contributed by atoms with E-state index in [2.05, 4.69) is 5.32 Å². The van der Waals surface area contributed by atoms with Crippen molar-refractivity contribution in [3.05, 3.63) is 66.4 Å². The third-order valence-corrected chi connectivity index (χ3v) is 4.28. The van der Waals surface area contributed by atoms with Crippen LogP contribution in [-0.4, -0.2) is 33.0 Å². The number of carboxylic acids is 1. The van der Waals surface area contributed by atoms with Crippen molar-refractivity contribution in [2.75, 3.05) is 0 Å². The molecule has 1 heterocycles. The molecular formula is C22H25N3O3. The lowest BCUT2D eigenvalue weighted by molar-refractivity contribution is -0.139. The number of hydrogen-bond donors (Lipinski definition) is 2. The molecule has 2 aromatic carbocycles. The number of benzene rings is 2. The molecule has 6 nitrogen and oxygen atoms in total. The molecule has 1 aromatic heterocycles. The number of para-hydroxylation sites is 1. The monoisotopic (exact) mass is 379 g/mol. The van der Waals surface area contributed by atoms with Crippen LogP contribution in [0, 0.1) is 0 Å². The van der Waals surface area contributed by atoms with Gasteiger partial charge in [0, 0.05) is 23.9 Å². The van der Waals surface area contributed by atoms with Crippen LogP contribution in [0.25, 0.3) is 16.9 Å². The van der Waals surface area contributed by atoms with Crippen molar-refractivity contribution in [1.82, 2.24) is 15.1 Å². The van der Waals surface area contributed by atoms with Crippen molar-refractivity contribution in [3.8, 4) is 22.7 Å². The minimum atomic E-state index is -0.882. The normalized spacial score (nSPS) is 12.1. The van der Waals surface area contributed by atoms with Crippen LogP contribution in [0.15, 0.2) is 60.8 Å². The standard InChI is InChI=1S/C22H25N3O3/c1-15(2)28-20-11-9-17(10-12-20)21-18(13-23-16(3)22(26)27)14-25(24-21)19-7-5-4-6-8-19/h4-12,14-16,23H,13H2,1-3H3,(H,26,27). The topological polar surface area (TPSA) is 76.4 Å². The van der Waals surface area contributed by atoms with E-state index in [9.17, 15) is 4.79 Å². The molecule has 0 aliphatic heterocycles. The Morgan fingerprint density at radius 2 is 1.79 bits per heavy atom. The van der Waals surface area contributed by atoms with Gasteiger partial charge < -0.3 is 15.2 Å². The summed E-state index contributed by atoms with van der Waals surface area (Å²) in [6.45, 7) is 6.01. The molecule has 28 heavy (non-hydrogen) atoms. The van der Waals surface area contributed by atoms with Gasteiger partial charge in [-0.2, -0.15) is 5.10 Å². The average Bonchev–Trinajstić information content (AvgIpc) is 3.11. The largest absolute Gasteiger partial charge is 0.491 e. The van der Waals surface area contributed by atoms with E-state index in [1.165, 1.54) is 0 Å². The van der Waals surface area contributed by atoms with Gasteiger partial charge in [0.15, 0.2) is 0 Å². The van der Waals surface area contributed by atoms with Crippen LogP contribution < -0.4 is 10.1 Å². The zero-order valence-electron chi connectivity index (χ0n) is 16.3. The molecule has 3 aromatic rings. The Kier molecular flexibility index (Phi) is 6.11. The highest BCUT2D eigenvalue weighted by Crippen LogP contribution is 2.26. The van der Waals surface area contributed by atoms with Gasteiger partial charge in [-0.1, -0.05) is 18.2 Å². The van der Waals surface area contributed by atoms with Crippen LogP contribution in [0.3, 0.4) is 0 Å². The summed E-state index contributed by atoms with van der Waals surface area (Å²) >= 11 is 0. The Bertz CT molecular complexity index is 918. The summed E-state index contributed by atoms with van der Waals surface area (Å²) in [6, 6.07) is 17.0. The van der Waals surface area contributed by atoms with E-state index in [-0.39, 0.29) is 6.10 Å². The number of aliphatic carboxylic acids is 1. The molecule has 146 valence electrons. The van der Waals surface area contributed by atoms with E-state index >= 15 is 0 Å². The Labute approximate surface area is 164 Å². The summed E-state index contributed by atoms with van der Waals surface area (Å²) in [6.07, 6.45) is 2.05. The van der Waals surface area contributed by atoms with Crippen LogP contribution in [0.1, 0.15) is 26.3 Å². The maximum atomic E-state index is 11.1. The lowest BCUT2D eigenvalue weighted by Gasteiger charge is -2.11. The van der Waals surface area contributed by atoms with Gasteiger partial charge in [-0.15, -0.1) is 0 Å². The maximum Gasteiger partial charge on any atom is 0.320 e. The number of carbonyl (C=O) groups is 1. The van der Waals surface area contributed by atoms with Gasteiger partial charge in [0.05, 0.1) is 17.5 Å². The first kappa shape index (κ1) is 19.6. The summed E-state index contributed by atoms with van der Waals surface area (Å²) in [5, 5.41) is 16.9. The van der Waals surface area contributed by atoms with Crippen LogP contribution in [0.5, 0.6) is 5.75 Å². The van der Waals surface area contributed by atoms with Crippen LogP contribution in [0.4, 0.5) is 0 Å². The van der Waals surface area contributed by atoms with Gasteiger partial charge in [-0.25, -0.2) is 4.68 Å². The van der Waals surface area contributed by atoms with Crippen LogP contribution >= 0.6 is 0 Å². The minimum absolute atomic E-state index is 0.111. The summed E-state index contributed by atoms with van der Waals surface area (Å²) in [4.78, 5) is 11.1. The highest BCUT2D eigenvalue weighted by atomic mass is 16.5. The van der Waals surface area contributed by atoms with Crippen LogP contribution in [0.2, 0.25) is 0 Å². The number of nitrogens with zero attached hydrogens (tertiary/aromatic N) is 2. The number of nitrogens with one attached hydrogen (secondary N) is 1. The molecule has 0 saturated heterocycles. The first-order valence-electron chi connectivity index (χ1n) is 9.31. The molecule has 3 rings (SSSR count). The van der Waals surface area contributed by atoms with Crippen LogP contribution in [-0.2, 0) is 11.3 Å². The SMILES string of the molecule is CC(C)Oc1ccc(-c2nn(-c3ccccc3)cc2CNC(C)C(=O)O)cc1. The zero-order valence-corrected chi connectivity index (χ0v) is 16.3. The second-order valence-electron chi connectivity index (χ2n) is 6.91. The molecule has 2 N–H and O–H groups in total. The summed E-state index contributed by atoms with van der Waals surface area (Å²) < 4.78 is 7.53. The molecule has 0 bridgehead atoms. The number of aromatic nitrogens is 2. The molecular weight excluding hydrogens is 354 g/mol. The molecule has 6 heteroatoms. The van der Waals surface area contributed by atoms with E-state index in [0.717, 1.165) is 28.3 Å². The summed E-state index contributed by atoms with van der Waals surface area (Å²) in [5.41, 5.74) is 3.63. The molecule has 0 radical (unpaired) electrons. The predicted molar refractivity (Wildman–Crippen MR) is 109 cm³/mol. The zero-order chi connectivity index (χ0) is 20.1. The molecule has 0 aliphatic carbocycles. The molecule has 1 unspecified atom stereocenters. The molecule has 0 aliphatic rings. The average molecular weight is 379 g/mol. The molecule has 1 atom stereocenters. The first-order chi connectivity index (χ1) is 13.4. The van der Waals surface area contributed by atoms with Crippen molar-refractivity contribution >= 4 is 5.97 Å². The number of ether oxygens (including phenoxy) is 1. The second kappa shape index (κ2) is 8.71. The Morgan fingerprint density at radius 1 is 1.11 bits per heavy atom. The smallest absolute Gasteiger partial charge is 0.320 e. The fourth-order valence-electron chi connectivity index (χ4n) is 2.81. The molecule has 0 spiro atoms. The quantitative estimate of drug-likeness (QED) is 0.621. The van der Waals surface area contributed by atoms with E-state index in [1.807, 2.05) is 79.3 Å². The van der Waals surface area contributed by atoms with Gasteiger partial charge in [-0.3, -0.25) is 4.79 Å². The minimum Gasteiger partial charge on any atom is -0.491 e. The van der Waals surface area contributed by atoms with Crippen molar-refractivity contribution in [3.63, 3.8) is 0 Å². The van der Waals surface area contributed by atoms with E-state index < -0.39 is 12.0 Å². The lowest BCUT2D eigenvalue weighted by atomic mass is 10.1. The van der Waals surface area contributed by atoms with Gasteiger partial charge in [-0.05, 0) is 57.2 Å². The van der Waals surface area contributed by atoms with Crippen molar-refractivity contribution in [2.45, 2.75) is 39.5 Å². The number of carboxylic acid groups (broad SMARTS) is 1. The van der Waals surface area contributed by atoms with Crippen molar-refractivity contribution < 1.29 is 14.6 Å². The van der Waals surface area contributed by atoms with Gasteiger partial charge in [0.2, 0.25) is 0 Å². The van der Waals surface area contributed by atoms with Crippen molar-refractivity contribution in [2.24, 2.45) is 0 Å². The van der Waals surface area contributed by atoms with E-state index in [1.54, 1.807) is 6.92 Å². The van der Waals surface area contributed by atoms with Gasteiger partial charge in [0.1, 0.15) is 11.8 Å². The Hall–Kier alpha value is -3.12. The Balaban J connectivity index is 1.93. The number of rotatable bonds is 8. The van der Waals surface area contributed by atoms with E-state index in [0.29, 0.717) is 6.54 Å². The fourth-order valence-corrected chi connectivity index (χ4v) is 2.81. The first-order valence-corrected chi connectivity index (χ1v) is 9.31. The molecule has 0 fully saturated rings. The summed E-state index contributed by atoms with van der Waals surface area (Å²) in [7, 11) is 0. The number of hydrogen-bond acceptors (Lipinski definition) is 4. The third-order valence-electron chi connectivity index (χ3n) is 4.28. The fraction of sp³-hybridized carbons (Fsp3) is 0.273. The predicted octanol–water partition coefficient (Wildman–Crippen LogP) is 3.89. The molecule has 0 amide bonds. The molecule has 0 saturated carbocycles. The Morgan fingerprint density at radius 3 is 2.39 bits per heavy atom. The maximum absolute atomic E-state index is 11.1. The van der Waals surface area contributed by atoms with E-state index in [4.69, 9.17) is 14.9 Å². The van der Waals surface area contributed by atoms with Gasteiger partial charge >= 0.3 is 5.97 Å². The highest BCUT2D eigenvalue weighted by Gasteiger charge is 2.16. The third kappa shape index (κ3) is 4.78. The lowest BCUT2D eigenvalue weighted by Crippen LogP contribution is -2.33. The summed E-state index contributed by atoms with van der Waals surface area (Å²) in [5.74, 6) is -0.0763.